The fourth-order valence-corrected chi connectivity index (χ4v) is 2.49. The summed E-state index contributed by atoms with van der Waals surface area (Å²) in [5.74, 6) is -4.88. The predicted octanol–water partition coefficient (Wildman–Crippen LogP) is -2.03. The Bertz CT molecular complexity index is 780. The van der Waals surface area contributed by atoms with Gasteiger partial charge in [0.25, 0.3) is 0 Å². The Kier molecular flexibility index (Phi) is 10.1. The van der Waals surface area contributed by atoms with E-state index >= 15 is 0 Å². The number of nitrogens with one attached hydrogen (secondary N) is 4. The number of rotatable bonds is 13. The Labute approximate surface area is 178 Å². The number of H-pyrrole nitrogens is 1. The van der Waals surface area contributed by atoms with Crippen molar-refractivity contribution in [1.29, 1.82) is 0 Å². The zero-order valence-corrected chi connectivity index (χ0v) is 17.3. The molecular weight excluding hydrogens is 412 g/mol. The van der Waals surface area contributed by atoms with Crippen LogP contribution in [0.4, 0.5) is 0 Å². The Morgan fingerprint density at radius 1 is 1.03 bits per heavy atom. The fraction of sp³-hybridized carbons (Fsp3) is 0.556. The summed E-state index contributed by atoms with van der Waals surface area (Å²) in [7, 11) is 0. The molecule has 0 spiro atoms. The van der Waals surface area contributed by atoms with Gasteiger partial charge in [0, 0.05) is 24.7 Å². The number of carbonyl (C=O) groups excluding carboxylic acids is 3. The Hall–Kier alpha value is -3.48. The number of carboxylic acids is 2. The lowest BCUT2D eigenvalue weighted by molar-refractivity contribution is -0.138. The van der Waals surface area contributed by atoms with Gasteiger partial charge in [0.1, 0.15) is 18.6 Å². The van der Waals surface area contributed by atoms with Crippen molar-refractivity contribution in [2.75, 3.05) is 6.54 Å². The molecule has 1 aromatic heterocycles. The van der Waals surface area contributed by atoms with Crippen LogP contribution in [-0.4, -0.2) is 74.5 Å². The number of hydrogen-bond donors (Lipinski definition) is 7. The molecule has 13 nitrogen and oxygen atoms in total. The molecule has 0 radical (unpaired) electrons. The van der Waals surface area contributed by atoms with Crippen molar-refractivity contribution >= 4 is 29.7 Å². The lowest BCUT2D eigenvalue weighted by atomic mass is 10.0. The lowest BCUT2D eigenvalue weighted by Gasteiger charge is -2.24. The maximum atomic E-state index is 12.8. The van der Waals surface area contributed by atoms with Crippen LogP contribution in [0.15, 0.2) is 12.5 Å². The van der Waals surface area contributed by atoms with Gasteiger partial charge in [0.2, 0.25) is 17.7 Å². The van der Waals surface area contributed by atoms with E-state index in [2.05, 4.69) is 25.9 Å². The number of aliphatic carboxylic acids is 2. The first-order valence-electron chi connectivity index (χ1n) is 9.56. The van der Waals surface area contributed by atoms with Crippen LogP contribution in [0, 0.1) is 5.92 Å². The summed E-state index contributed by atoms with van der Waals surface area (Å²) in [5.41, 5.74) is 6.27. The monoisotopic (exact) mass is 440 g/mol. The molecular formula is C18H28N6O7. The molecule has 1 rings (SSSR count). The number of carboxylic acid groups (broad SMARTS) is 2. The maximum absolute atomic E-state index is 12.8. The van der Waals surface area contributed by atoms with Gasteiger partial charge in [-0.3, -0.25) is 24.0 Å². The van der Waals surface area contributed by atoms with Crippen LogP contribution < -0.4 is 21.7 Å². The van der Waals surface area contributed by atoms with E-state index in [9.17, 15) is 24.0 Å². The molecule has 172 valence electrons. The topological polar surface area (TPSA) is 217 Å². The molecule has 0 saturated carbocycles. The first kappa shape index (κ1) is 25.6. The molecule has 31 heavy (non-hydrogen) atoms. The molecule has 1 heterocycles. The van der Waals surface area contributed by atoms with Crippen LogP contribution in [0.25, 0.3) is 0 Å². The van der Waals surface area contributed by atoms with Crippen molar-refractivity contribution in [1.82, 2.24) is 25.9 Å². The van der Waals surface area contributed by atoms with Crippen LogP contribution in [-0.2, 0) is 30.4 Å². The number of hydrogen-bond acceptors (Lipinski definition) is 7. The lowest BCUT2D eigenvalue weighted by Crippen LogP contribution is -2.57. The smallest absolute Gasteiger partial charge is 0.322 e. The minimum atomic E-state index is -1.27. The quantitative estimate of drug-likeness (QED) is 0.180. The fourth-order valence-electron chi connectivity index (χ4n) is 2.49. The third-order valence-electron chi connectivity index (χ3n) is 4.33. The van der Waals surface area contributed by atoms with E-state index < -0.39 is 60.8 Å². The van der Waals surface area contributed by atoms with E-state index in [1.807, 2.05) is 0 Å². The standard InChI is InChI=1S/C18H28N6O7/c1-9(2)15(19)18(31)23-11(3-4-13(25)26)17(30)24-12(5-10-6-20-8-22-10)16(29)21-7-14(27)28/h6,8-9,11-12,15H,3-5,7,19H2,1-2H3,(H,20,22)(H,21,29)(H,23,31)(H,24,30)(H,25,26)(H,27,28). The minimum absolute atomic E-state index is 0.0394. The summed E-state index contributed by atoms with van der Waals surface area (Å²) in [6, 6.07) is -3.37. The molecule has 0 fully saturated rings. The molecule has 1 aromatic rings. The minimum Gasteiger partial charge on any atom is -0.481 e. The highest BCUT2D eigenvalue weighted by molar-refractivity contribution is 5.94. The van der Waals surface area contributed by atoms with Gasteiger partial charge in [-0.1, -0.05) is 13.8 Å². The third kappa shape index (κ3) is 9.25. The predicted molar refractivity (Wildman–Crippen MR) is 106 cm³/mol. The second-order valence-electron chi connectivity index (χ2n) is 7.22. The average molecular weight is 440 g/mol. The second-order valence-corrected chi connectivity index (χ2v) is 7.22. The molecule has 3 amide bonds. The molecule has 13 heteroatoms. The van der Waals surface area contributed by atoms with E-state index in [4.69, 9.17) is 15.9 Å². The first-order valence-corrected chi connectivity index (χ1v) is 9.56. The molecule has 3 atom stereocenters. The van der Waals surface area contributed by atoms with Crippen LogP contribution in [0.5, 0.6) is 0 Å². The van der Waals surface area contributed by atoms with Gasteiger partial charge in [-0.25, -0.2) is 4.98 Å². The zero-order chi connectivity index (χ0) is 23.6. The zero-order valence-electron chi connectivity index (χ0n) is 17.3. The van der Waals surface area contributed by atoms with Crippen molar-refractivity contribution in [3.8, 4) is 0 Å². The van der Waals surface area contributed by atoms with Crippen molar-refractivity contribution in [3.63, 3.8) is 0 Å². The largest absolute Gasteiger partial charge is 0.481 e. The highest BCUT2D eigenvalue weighted by atomic mass is 16.4. The van der Waals surface area contributed by atoms with Gasteiger partial charge >= 0.3 is 11.9 Å². The van der Waals surface area contributed by atoms with E-state index in [-0.39, 0.29) is 18.8 Å². The van der Waals surface area contributed by atoms with E-state index in [0.717, 1.165) is 0 Å². The second kappa shape index (κ2) is 12.3. The number of nitrogens with two attached hydrogens (primary N) is 1. The summed E-state index contributed by atoms with van der Waals surface area (Å²) < 4.78 is 0. The van der Waals surface area contributed by atoms with E-state index in [1.54, 1.807) is 13.8 Å². The molecule has 0 aliphatic rings. The Morgan fingerprint density at radius 2 is 1.68 bits per heavy atom. The first-order chi connectivity index (χ1) is 14.5. The van der Waals surface area contributed by atoms with Crippen LogP contribution >= 0.6 is 0 Å². The highest BCUT2D eigenvalue weighted by Crippen LogP contribution is 2.05. The molecule has 0 aliphatic carbocycles. The number of carbonyl (C=O) groups is 5. The number of nitrogens with zero attached hydrogens (tertiary/aromatic N) is 1. The van der Waals surface area contributed by atoms with Gasteiger partial charge in [0.15, 0.2) is 0 Å². The van der Waals surface area contributed by atoms with Gasteiger partial charge < -0.3 is 36.9 Å². The van der Waals surface area contributed by atoms with Crippen molar-refractivity contribution < 1.29 is 34.2 Å². The molecule has 0 saturated heterocycles. The molecule has 0 aliphatic heterocycles. The van der Waals surface area contributed by atoms with Crippen LogP contribution in [0.1, 0.15) is 32.4 Å². The summed E-state index contributed by atoms with van der Waals surface area (Å²) >= 11 is 0. The van der Waals surface area contributed by atoms with Gasteiger partial charge in [-0.05, 0) is 12.3 Å². The van der Waals surface area contributed by atoms with Gasteiger partial charge in [-0.15, -0.1) is 0 Å². The van der Waals surface area contributed by atoms with Gasteiger partial charge in [0.05, 0.1) is 12.4 Å². The van der Waals surface area contributed by atoms with Gasteiger partial charge in [-0.2, -0.15) is 0 Å². The average Bonchev–Trinajstić information content (AvgIpc) is 3.20. The summed E-state index contributed by atoms with van der Waals surface area (Å²) in [4.78, 5) is 65.7. The number of imidazole rings is 1. The Morgan fingerprint density at radius 3 is 2.19 bits per heavy atom. The van der Waals surface area contributed by atoms with Crippen molar-refractivity contribution in [2.24, 2.45) is 11.7 Å². The SMILES string of the molecule is CC(C)C(N)C(=O)NC(CCC(=O)O)C(=O)NC(Cc1cnc[nH]1)C(=O)NCC(=O)O. The Balaban J connectivity index is 2.96. The summed E-state index contributed by atoms with van der Waals surface area (Å²) in [6.45, 7) is 2.77. The highest BCUT2D eigenvalue weighted by Gasteiger charge is 2.29. The maximum Gasteiger partial charge on any atom is 0.322 e. The molecule has 8 N–H and O–H groups in total. The van der Waals surface area contributed by atoms with Crippen LogP contribution in [0.3, 0.4) is 0 Å². The normalized spacial score (nSPS) is 13.7. The van der Waals surface area contributed by atoms with Crippen LogP contribution in [0.2, 0.25) is 0 Å². The number of aromatic nitrogens is 2. The van der Waals surface area contributed by atoms with E-state index in [0.29, 0.717) is 5.69 Å². The van der Waals surface area contributed by atoms with Crippen molar-refractivity contribution in [2.45, 2.75) is 51.2 Å². The molecule has 0 bridgehead atoms. The number of aromatic amines is 1. The molecule has 0 aromatic carbocycles. The summed E-state index contributed by atoms with van der Waals surface area (Å²) in [5, 5.41) is 24.7. The summed E-state index contributed by atoms with van der Waals surface area (Å²) in [6.07, 6.45) is 2.11. The third-order valence-corrected chi connectivity index (χ3v) is 4.33. The number of amides is 3. The van der Waals surface area contributed by atoms with Crippen molar-refractivity contribution in [3.05, 3.63) is 18.2 Å². The molecule has 3 unspecified atom stereocenters. The van der Waals surface area contributed by atoms with E-state index in [1.165, 1.54) is 12.5 Å².